The summed E-state index contributed by atoms with van der Waals surface area (Å²) in [5, 5.41) is 5.41. The van der Waals surface area contributed by atoms with E-state index in [9.17, 15) is 9.59 Å². The Labute approximate surface area is 133 Å². The molecule has 1 amide bonds. The molecule has 0 aliphatic carbocycles. The van der Waals surface area contributed by atoms with E-state index in [0.29, 0.717) is 31.8 Å². The molecule has 23 heavy (non-hydrogen) atoms. The van der Waals surface area contributed by atoms with Crippen LogP contribution in [0.15, 0.2) is 15.7 Å². The van der Waals surface area contributed by atoms with E-state index in [2.05, 4.69) is 25.3 Å². The second-order valence-corrected chi connectivity index (χ2v) is 4.65. The van der Waals surface area contributed by atoms with Crippen molar-refractivity contribution in [3.05, 3.63) is 17.8 Å². The molecule has 0 spiro atoms. The number of carbonyl (C=O) groups excluding carboxylic acids is 2. The van der Waals surface area contributed by atoms with Gasteiger partial charge in [0.15, 0.2) is 11.7 Å². The molecule has 0 aliphatic heterocycles. The molecule has 0 bridgehead atoms. The molecule has 0 saturated heterocycles. The van der Waals surface area contributed by atoms with E-state index in [1.807, 2.05) is 0 Å². The highest BCUT2D eigenvalue weighted by atomic mass is 16.5. The van der Waals surface area contributed by atoms with Crippen molar-refractivity contribution < 1.29 is 18.7 Å². The Morgan fingerprint density at radius 3 is 2.83 bits per heavy atom. The minimum atomic E-state index is -0.814. The van der Waals surface area contributed by atoms with Gasteiger partial charge in [-0.1, -0.05) is 0 Å². The molecule has 1 aromatic rings. The summed E-state index contributed by atoms with van der Waals surface area (Å²) in [6.07, 6.45) is 2.06. The number of methoxy groups -OCH3 is 1. The number of oxazole rings is 1. The van der Waals surface area contributed by atoms with Gasteiger partial charge in [-0.2, -0.15) is 0 Å². The van der Waals surface area contributed by atoms with Crippen LogP contribution in [0.3, 0.4) is 0 Å². The van der Waals surface area contributed by atoms with Crippen molar-refractivity contribution in [1.82, 2.24) is 15.6 Å². The highest BCUT2D eigenvalue weighted by molar-refractivity contribution is 5.94. The molecule has 128 valence electrons. The van der Waals surface area contributed by atoms with Crippen molar-refractivity contribution in [3.63, 3.8) is 0 Å². The van der Waals surface area contributed by atoms with Crippen molar-refractivity contribution in [3.8, 4) is 0 Å². The second kappa shape index (κ2) is 9.41. The molecule has 0 aromatic carbocycles. The van der Waals surface area contributed by atoms with Crippen LogP contribution in [0.1, 0.15) is 29.2 Å². The Bertz CT molecular complexity index is 552. The zero-order valence-electron chi connectivity index (χ0n) is 13.2. The summed E-state index contributed by atoms with van der Waals surface area (Å²) in [7, 11) is 2.98. The number of nitrogens with one attached hydrogen (secondary N) is 2. The Morgan fingerprint density at radius 2 is 2.22 bits per heavy atom. The van der Waals surface area contributed by atoms with Crippen LogP contribution < -0.4 is 22.1 Å². The number of amides is 1. The number of rotatable bonds is 9. The highest BCUT2D eigenvalue weighted by Gasteiger charge is 2.23. The maximum absolute atomic E-state index is 12.1. The minimum Gasteiger partial charge on any atom is -0.467 e. The molecular formula is C13H22N6O4. The van der Waals surface area contributed by atoms with Crippen LogP contribution in [0.2, 0.25) is 0 Å². The zero-order valence-corrected chi connectivity index (χ0v) is 13.2. The summed E-state index contributed by atoms with van der Waals surface area (Å²) in [6, 6.07) is -0.814. The number of aromatic nitrogens is 1. The predicted molar refractivity (Wildman–Crippen MR) is 82.4 cm³/mol. The van der Waals surface area contributed by atoms with E-state index in [4.69, 9.17) is 15.9 Å². The third kappa shape index (κ3) is 6.34. The molecule has 0 fully saturated rings. The van der Waals surface area contributed by atoms with Gasteiger partial charge in [-0.3, -0.25) is 9.79 Å². The summed E-state index contributed by atoms with van der Waals surface area (Å²) in [5.74, 6) is -0.723. The van der Waals surface area contributed by atoms with Gasteiger partial charge in [-0.15, -0.1) is 0 Å². The van der Waals surface area contributed by atoms with Gasteiger partial charge in [0.2, 0.25) is 5.89 Å². The van der Waals surface area contributed by atoms with Crippen molar-refractivity contribution in [2.45, 2.75) is 25.4 Å². The Hall–Kier alpha value is -2.62. The summed E-state index contributed by atoms with van der Waals surface area (Å²) in [5.41, 5.74) is 10.5. The van der Waals surface area contributed by atoms with Crippen LogP contribution in [0.5, 0.6) is 0 Å². The molecule has 10 heteroatoms. The van der Waals surface area contributed by atoms with E-state index in [0.717, 1.165) is 0 Å². The fourth-order valence-electron chi connectivity index (χ4n) is 1.77. The van der Waals surface area contributed by atoms with E-state index < -0.39 is 17.9 Å². The van der Waals surface area contributed by atoms with Crippen LogP contribution in [-0.4, -0.2) is 49.6 Å². The second-order valence-electron chi connectivity index (χ2n) is 4.65. The molecule has 1 aromatic heterocycles. The summed E-state index contributed by atoms with van der Waals surface area (Å²) in [4.78, 5) is 31.7. The van der Waals surface area contributed by atoms with Crippen molar-refractivity contribution in [1.29, 1.82) is 0 Å². The van der Waals surface area contributed by atoms with E-state index >= 15 is 0 Å². The average molecular weight is 326 g/mol. The van der Waals surface area contributed by atoms with E-state index in [1.165, 1.54) is 13.4 Å². The van der Waals surface area contributed by atoms with E-state index in [-0.39, 0.29) is 11.7 Å². The molecule has 10 nitrogen and oxygen atoms in total. The monoisotopic (exact) mass is 326 g/mol. The zero-order chi connectivity index (χ0) is 17.2. The lowest BCUT2D eigenvalue weighted by atomic mass is 10.1. The average Bonchev–Trinajstić information content (AvgIpc) is 2.98. The fourth-order valence-corrected chi connectivity index (χ4v) is 1.77. The molecule has 0 saturated carbocycles. The Kier molecular flexibility index (Phi) is 7.54. The maximum atomic E-state index is 12.1. The van der Waals surface area contributed by atoms with Gasteiger partial charge < -0.3 is 31.3 Å². The number of ether oxygens (including phenoxy) is 1. The van der Waals surface area contributed by atoms with Crippen LogP contribution >= 0.6 is 0 Å². The quantitative estimate of drug-likeness (QED) is 0.189. The molecule has 1 atom stereocenters. The summed E-state index contributed by atoms with van der Waals surface area (Å²) < 4.78 is 9.80. The first-order valence-corrected chi connectivity index (χ1v) is 7.01. The SMILES string of the molecule is CNCc1nc(C(=O)NC(CCCN=C(N)N)C(=O)OC)co1. The maximum Gasteiger partial charge on any atom is 0.328 e. The van der Waals surface area contributed by atoms with Gasteiger partial charge >= 0.3 is 5.97 Å². The number of hydrogen-bond acceptors (Lipinski definition) is 7. The lowest BCUT2D eigenvalue weighted by Crippen LogP contribution is -2.41. The number of nitrogens with zero attached hydrogens (tertiary/aromatic N) is 2. The van der Waals surface area contributed by atoms with Crippen LogP contribution in [-0.2, 0) is 16.1 Å². The summed E-state index contributed by atoms with van der Waals surface area (Å²) in [6.45, 7) is 0.744. The molecule has 1 rings (SSSR count). The van der Waals surface area contributed by atoms with Gasteiger partial charge in [-0.25, -0.2) is 9.78 Å². The molecule has 0 radical (unpaired) electrons. The molecule has 1 heterocycles. The molecule has 1 unspecified atom stereocenters. The first kappa shape index (κ1) is 18.4. The standard InChI is InChI=1S/C13H22N6O4/c1-16-6-10-18-9(7-23-10)11(20)19-8(12(21)22-2)4-3-5-17-13(14)15/h7-8,16H,3-6H2,1-2H3,(H,19,20)(H4,14,15,17). The number of hydrogen-bond donors (Lipinski definition) is 4. The normalized spacial score (nSPS) is 11.6. The third-order valence-electron chi connectivity index (χ3n) is 2.85. The van der Waals surface area contributed by atoms with Gasteiger partial charge in [0.05, 0.1) is 13.7 Å². The smallest absolute Gasteiger partial charge is 0.328 e. The largest absolute Gasteiger partial charge is 0.467 e. The predicted octanol–water partition coefficient (Wildman–Crippen LogP) is -1.28. The van der Waals surface area contributed by atoms with Gasteiger partial charge in [0.25, 0.3) is 5.91 Å². The Balaban J connectivity index is 2.62. The third-order valence-corrected chi connectivity index (χ3v) is 2.85. The molecule has 0 aliphatic rings. The van der Waals surface area contributed by atoms with Gasteiger partial charge in [-0.05, 0) is 19.9 Å². The first-order chi connectivity index (χ1) is 11.0. The number of aliphatic imine (C=N–C) groups is 1. The molecule has 6 N–H and O–H groups in total. The number of nitrogens with two attached hydrogens (primary N) is 2. The lowest BCUT2D eigenvalue weighted by molar-refractivity contribution is -0.143. The fraction of sp³-hybridized carbons (Fsp3) is 0.538. The number of esters is 1. The lowest BCUT2D eigenvalue weighted by Gasteiger charge is -2.15. The number of guanidine groups is 1. The molecular weight excluding hydrogens is 304 g/mol. The van der Waals surface area contributed by atoms with E-state index in [1.54, 1.807) is 7.05 Å². The Morgan fingerprint density at radius 1 is 1.48 bits per heavy atom. The topological polar surface area (TPSA) is 158 Å². The van der Waals surface area contributed by atoms with Crippen LogP contribution in [0.25, 0.3) is 0 Å². The van der Waals surface area contributed by atoms with Gasteiger partial charge in [0, 0.05) is 6.54 Å². The highest BCUT2D eigenvalue weighted by Crippen LogP contribution is 2.05. The van der Waals surface area contributed by atoms with Gasteiger partial charge in [0.1, 0.15) is 12.3 Å². The van der Waals surface area contributed by atoms with Crippen LogP contribution in [0, 0.1) is 0 Å². The van der Waals surface area contributed by atoms with Crippen molar-refractivity contribution >= 4 is 17.8 Å². The van der Waals surface area contributed by atoms with Crippen molar-refractivity contribution in [2.24, 2.45) is 16.5 Å². The van der Waals surface area contributed by atoms with Crippen LogP contribution in [0.4, 0.5) is 0 Å². The summed E-state index contributed by atoms with van der Waals surface area (Å²) >= 11 is 0. The minimum absolute atomic E-state index is 0.0247. The number of carbonyl (C=O) groups is 2. The van der Waals surface area contributed by atoms with Crippen molar-refractivity contribution in [2.75, 3.05) is 20.7 Å². The first-order valence-electron chi connectivity index (χ1n) is 7.01.